The number of carbonyl (C=O) groups excluding carboxylic acids is 1. The smallest absolute Gasteiger partial charge is 0.224 e. The summed E-state index contributed by atoms with van der Waals surface area (Å²) >= 11 is 0. The van der Waals surface area contributed by atoms with Gasteiger partial charge in [0.25, 0.3) is 0 Å². The van der Waals surface area contributed by atoms with Crippen molar-refractivity contribution in [3.05, 3.63) is 84.6 Å². The summed E-state index contributed by atoms with van der Waals surface area (Å²) in [5, 5.41) is 3.84. The molecule has 0 aliphatic carbocycles. The number of fused-ring (bicyclic) bond motifs is 1. The largest absolute Gasteiger partial charge is 0.496 e. The Bertz CT molecular complexity index is 1370. The third kappa shape index (κ3) is 7.25. The molecule has 0 radical (unpaired) electrons. The molecule has 0 unspecified atom stereocenters. The third-order valence-corrected chi connectivity index (χ3v) is 6.56. The molecular weight excluding hydrogens is 494 g/mol. The van der Waals surface area contributed by atoms with Crippen molar-refractivity contribution in [3.63, 3.8) is 0 Å². The molecule has 39 heavy (non-hydrogen) atoms. The van der Waals surface area contributed by atoms with Gasteiger partial charge in [-0.25, -0.2) is 0 Å². The Labute approximate surface area is 228 Å². The number of methoxy groups -OCH3 is 1. The SMILES string of the molecule is COc1cc2nccc(Oc3ccc(Oc4ccccc4)cc3)c2cc1CC(=O)NCCCN1CCOCC1. The van der Waals surface area contributed by atoms with Gasteiger partial charge in [-0.3, -0.25) is 14.7 Å². The van der Waals surface area contributed by atoms with E-state index in [0.717, 1.165) is 67.2 Å². The summed E-state index contributed by atoms with van der Waals surface area (Å²) < 4.78 is 23.1. The Morgan fingerprint density at radius 2 is 1.64 bits per heavy atom. The highest BCUT2D eigenvalue weighted by atomic mass is 16.5. The molecular formula is C31H33N3O5. The number of pyridine rings is 1. The first-order chi connectivity index (χ1) is 19.2. The van der Waals surface area contributed by atoms with Gasteiger partial charge in [0, 0.05) is 42.8 Å². The number of aromatic nitrogens is 1. The van der Waals surface area contributed by atoms with Gasteiger partial charge in [-0.1, -0.05) is 18.2 Å². The van der Waals surface area contributed by atoms with E-state index in [-0.39, 0.29) is 12.3 Å². The van der Waals surface area contributed by atoms with Crippen molar-refractivity contribution in [3.8, 4) is 28.7 Å². The molecule has 4 aromatic rings. The van der Waals surface area contributed by atoms with E-state index in [1.165, 1.54) is 0 Å². The maximum Gasteiger partial charge on any atom is 0.224 e. The standard InChI is InChI=1S/C31H33N3O5/c1-36-30-22-28-27(20-23(30)21-31(35)33-13-5-15-34-16-18-37-19-17-34)29(12-14-32-28)39-26-10-8-25(9-11-26)38-24-6-3-2-4-7-24/h2-4,6-12,14,20,22H,5,13,15-19,21H2,1H3,(H,33,35). The Kier molecular flexibility index (Phi) is 8.88. The van der Waals surface area contributed by atoms with Gasteiger partial charge in [0.1, 0.15) is 28.7 Å². The Morgan fingerprint density at radius 3 is 2.38 bits per heavy atom. The summed E-state index contributed by atoms with van der Waals surface area (Å²) in [5.74, 6) is 3.38. The zero-order chi connectivity index (χ0) is 26.9. The first kappa shape index (κ1) is 26.5. The molecule has 8 nitrogen and oxygen atoms in total. The van der Waals surface area contributed by atoms with E-state index in [2.05, 4.69) is 15.2 Å². The van der Waals surface area contributed by atoms with Crippen LogP contribution < -0.4 is 19.5 Å². The van der Waals surface area contributed by atoms with Gasteiger partial charge >= 0.3 is 0 Å². The highest BCUT2D eigenvalue weighted by Crippen LogP contribution is 2.34. The number of nitrogens with zero attached hydrogens (tertiary/aromatic N) is 2. The van der Waals surface area contributed by atoms with Gasteiger partial charge in [0.2, 0.25) is 5.91 Å². The van der Waals surface area contributed by atoms with E-state index < -0.39 is 0 Å². The fourth-order valence-corrected chi connectivity index (χ4v) is 4.53. The molecule has 1 fully saturated rings. The number of nitrogens with one attached hydrogen (secondary N) is 1. The predicted octanol–water partition coefficient (Wildman–Crippen LogP) is 5.21. The molecule has 8 heteroatoms. The average Bonchev–Trinajstić information content (AvgIpc) is 2.97. The maximum atomic E-state index is 12.7. The van der Waals surface area contributed by atoms with E-state index >= 15 is 0 Å². The van der Waals surface area contributed by atoms with Crippen LogP contribution in [0.25, 0.3) is 10.9 Å². The Balaban J connectivity index is 1.24. The Morgan fingerprint density at radius 1 is 0.923 bits per heavy atom. The van der Waals surface area contributed by atoms with E-state index in [1.54, 1.807) is 13.3 Å². The van der Waals surface area contributed by atoms with Gasteiger partial charge < -0.3 is 24.3 Å². The van der Waals surface area contributed by atoms with E-state index in [0.29, 0.717) is 23.8 Å². The van der Waals surface area contributed by atoms with Gasteiger partial charge in [-0.05, 0) is 61.5 Å². The second-order valence-corrected chi connectivity index (χ2v) is 9.31. The third-order valence-electron chi connectivity index (χ3n) is 6.56. The number of amides is 1. The molecule has 0 atom stereocenters. The second-order valence-electron chi connectivity index (χ2n) is 9.31. The van der Waals surface area contributed by atoms with E-state index in [1.807, 2.05) is 72.8 Å². The molecule has 1 aliphatic rings. The number of benzene rings is 3. The number of carbonyl (C=O) groups is 1. The van der Waals surface area contributed by atoms with Crippen molar-refractivity contribution in [2.75, 3.05) is 46.5 Å². The molecule has 1 aliphatic heterocycles. The van der Waals surface area contributed by atoms with Crippen LogP contribution in [0.4, 0.5) is 0 Å². The summed E-state index contributed by atoms with van der Waals surface area (Å²) in [5.41, 5.74) is 1.50. The van der Waals surface area contributed by atoms with Gasteiger partial charge in [-0.15, -0.1) is 0 Å². The number of ether oxygens (including phenoxy) is 4. The van der Waals surface area contributed by atoms with E-state index in [4.69, 9.17) is 18.9 Å². The number of para-hydroxylation sites is 1. The number of rotatable bonds is 11. The summed E-state index contributed by atoms with van der Waals surface area (Å²) in [4.78, 5) is 19.6. The molecule has 0 spiro atoms. The second kappa shape index (κ2) is 13.1. The molecule has 202 valence electrons. The molecule has 0 saturated carbocycles. The fourth-order valence-electron chi connectivity index (χ4n) is 4.53. The van der Waals surface area contributed by atoms with Crippen molar-refractivity contribution >= 4 is 16.8 Å². The quantitative estimate of drug-likeness (QED) is 0.268. The first-order valence-electron chi connectivity index (χ1n) is 13.2. The maximum absolute atomic E-state index is 12.7. The molecule has 3 aromatic carbocycles. The van der Waals surface area contributed by atoms with Crippen LogP contribution in [-0.2, 0) is 16.0 Å². The topological polar surface area (TPSA) is 82.1 Å². The van der Waals surface area contributed by atoms with Crippen molar-refractivity contribution in [1.29, 1.82) is 0 Å². The highest BCUT2D eigenvalue weighted by molar-refractivity contribution is 5.89. The first-order valence-corrected chi connectivity index (χ1v) is 13.2. The lowest BCUT2D eigenvalue weighted by Crippen LogP contribution is -2.38. The fraction of sp³-hybridized carbons (Fsp3) is 0.290. The van der Waals surface area contributed by atoms with Crippen LogP contribution in [0.5, 0.6) is 28.7 Å². The van der Waals surface area contributed by atoms with E-state index in [9.17, 15) is 4.79 Å². The summed E-state index contributed by atoms with van der Waals surface area (Å²) in [6, 6.07) is 22.7. The summed E-state index contributed by atoms with van der Waals surface area (Å²) in [6.45, 7) is 5.05. The molecule has 0 bridgehead atoms. The lowest BCUT2D eigenvalue weighted by atomic mass is 10.1. The minimum atomic E-state index is -0.0463. The monoisotopic (exact) mass is 527 g/mol. The Hall–Kier alpha value is -4.14. The summed E-state index contributed by atoms with van der Waals surface area (Å²) in [7, 11) is 1.60. The lowest BCUT2D eigenvalue weighted by molar-refractivity contribution is -0.120. The van der Waals surface area contributed by atoms with Crippen LogP contribution in [0.2, 0.25) is 0 Å². The highest BCUT2D eigenvalue weighted by Gasteiger charge is 2.15. The van der Waals surface area contributed by atoms with Crippen LogP contribution in [-0.4, -0.2) is 62.3 Å². The number of morpholine rings is 1. The average molecular weight is 528 g/mol. The van der Waals surface area contributed by atoms with Crippen LogP contribution in [0.15, 0.2) is 79.0 Å². The van der Waals surface area contributed by atoms with Crippen LogP contribution in [0, 0.1) is 0 Å². The molecule has 1 amide bonds. The predicted molar refractivity (Wildman–Crippen MR) is 150 cm³/mol. The van der Waals surface area contributed by atoms with Crippen molar-refractivity contribution in [1.82, 2.24) is 15.2 Å². The van der Waals surface area contributed by atoms with Gasteiger partial charge in [0.05, 0.1) is 32.3 Å². The molecule has 1 aromatic heterocycles. The number of hydrogen-bond donors (Lipinski definition) is 1. The number of hydrogen-bond acceptors (Lipinski definition) is 7. The van der Waals surface area contributed by atoms with Gasteiger partial charge in [0.15, 0.2) is 0 Å². The molecule has 1 saturated heterocycles. The summed E-state index contributed by atoms with van der Waals surface area (Å²) in [6.07, 6.45) is 2.80. The molecule has 2 heterocycles. The van der Waals surface area contributed by atoms with Crippen molar-refractivity contribution < 1.29 is 23.7 Å². The van der Waals surface area contributed by atoms with Crippen LogP contribution in [0.1, 0.15) is 12.0 Å². The minimum Gasteiger partial charge on any atom is -0.496 e. The normalized spacial score (nSPS) is 13.7. The lowest BCUT2D eigenvalue weighted by Gasteiger charge is -2.26. The zero-order valence-electron chi connectivity index (χ0n) is 22.1. The molecule has 1 N–H and O–H groups in total. The van der Waals surface area contributed by atoms with Gasteiger partial charge in [-0.2, -0.15) is 0 Å². The zero-order valence-corrected chi connectivity index (χ0v) is 22.1. The minimum absolute atomic E-state index is 0.0463. The van der Waals surface area contributed by atoms with Crippen molar-refractivity contribution in [2.45, 2.75) is 12.8 Å². The van der Waals surface area contributed by atoms with Crippen molar-refractivity contribution in [2.24, 2.45) is 0 Å². The molecule has 5 rings (SSSR count). The van der Waals surface area contributed by atoms with Crippen LogP contribution >= 0.6 is 0 Å². The van der Waals surface area contributed by atoms with Crippen LogP contribution in [0.3, 0.4) is 0 Å².